The number of carbonyl (C=O) groups excluding carboxylic acids is 1. The Morgan fingerprint density at radius 3 is 2.53 bits per heavy atom. The number of benzene rings is 1. The van der Waals surface area contributed by atoms with Gasteiger partial charge in [0.2, 0.25) is 5.89 Å². The third-order valence-corrected chi connectivity index (χ3v) is 6.60. The van der Waals surface area contributed by atoms with Crippen LogP contribution in [-0.4, -0.2) is 60.9 Å². The summed E-state index contributed by atoms with van der Waals surface area (Å²) in [6.07, 6.45) is 4.20. The average Bonchev–Trinajstić information content (AvgIpc) is 3.20. The molecule has 0 aliphatic carbocycles. The van der Waals surface area contributed by atoms with Crippen LogP contribution in [0.5, 0.6) is 5.75 Å². The van der Waals surface area contributed by atoms with Crippen molar-refractivity contribution in [2.45, 2.75) is 44.1 Å². The van der Waals surface area contributed by atoms with Gasteiger partial charge in [-0.15, -0.1) is 0 Å². The number of ether oxygens (including phenoxy) is 2. The van der Waals surface area contributed by atoms with Crippen LogP contribution in [0, 0.1) is 5.92 Å². The fraction of sp³-hybridized carbons (Fsp3) is 0.458. The van der Waals surface area contributed by atoms with Crippen LogP contribution in [0.15, 0.2) is 45.8 Å². The summed E-state index contributed by atoms with van der Waals surface area (Å²) in [5, 5.41) is 0. The van der Waals surface area contributed by atoms with E-state index in [1.54, 1.807) is 29.3 Å². The third-order valence-electron chi connectivity index (χ3n) is 5.49. The molecule has 0 bridgehead atoms. The standard InChI is InChI=1S/C24H29N3O6S/c1-24(2,3)33-23(28)27-11-9-16(10-12-27)15-31-17-5-7-19(25-14-17)22-26-20-13-18(34(4,29)30)6-8-21(20)32-22/h5-8,13-14,16H,9-12,15H2,1-4H3. The van der Waals surface area contributed by atoms with Crippen molar-refractivity contribution in [2.24, 2.45) is 5.92 Å². The molecule has 34 heavy (non-hydrogen) atoms. The van der Waals surface area contributed by atoms with E-state index in [1.807, 2.05) is 20.8 Å². The largest absolute Gasteiger partial charge is 0.492 e. The van der Waals surface area contributed by atoms with Crippen molar-refractivity contribution in [1.29, 1.82) is 0 Å². The molecule has 1 amide bonds. The number of sulfone groups is 1. The number of nitrogens with zero attached hydrogens (tertiary/aromatic N) is 3. The number of piperidine rings is 1. The molecule has 0 unspecified atom stereocenters. The molecule has 1 fully saturated rings. The first-order valence-corrected chi connectivity index (χ1v) is 13.0. The molecule has 0 N–H and O–H groups in total. The summed E-state index contributed by atoms with van der Waals surface area (Å²) in [4.78, 5) is 22.9. The van der Waals surface area contributed by atoms with Crippen molar-refractivity contribution in [1.82, 2.24) is 14.9 Å². The van der Waals surface area contributed by atoms with Crippen molar-refractivity contribution >= 4 is 27.0 Å². The summed E-state index contributed by atoms with van der Waals surface area (Å²) in [6, 6.07) is 8.13. The lowest BCUT2D eigenvalue weighted by Crippen LogP contribution is -2.42. The van der Waals surface area contributed by atoms with Gasteiger partial charge < -0.3 is 18.8 Å². The lowest BCUT2D eigenvalue weighted by molar-refractivity contribution is 0.0165. The van der Waals surface area contributed by atoms with Crippen molar-refractivity contribution in [3.63, 3.8) is 0 Å². The molecule has 0 radical (unpaired) electrons. The van der Waals surface area contributed by atoms with Crippen molar-refractivity contribution in [3.8, 4) is 17.3 Å². The number of oxazole rings is 1. The Kier molecular flexibility index (Phi) is 6.53. The zero-order valence-corrected chi connectivity index (χ0v) is 20.6. The molecule has 0 atom stereocenters. The molecule has 4 rings (SSSR count). The molecular weight excluding hydrogens is 458 g/mol. The van der Waals surface area contributed by atoms with E-state index in [2.05, 4.69) is 9.97 Å². The maximum atomic E-state index is 12.2. The molecule has 0 spiro atoms. The van der Waals surface area contributed by atoms with Gasteiger partial charge >= 0.3 is 6.09 Å². The molecule has 1 aromatic carbocycles. The second-order valence-electron chi connectivity index (χ2n) is 9.52. The zero-order chi connectivity index (χ0) is 24.5. The van der Waals surface area contributed by atoms with Gasteiger partial charge in [0, 0.05) is 19.3 Å². The average molecular weight is 488 g/mol. The van der Waals surface area contributed by atoms with E-state index in [9.17, 15) is 13.2 Å². The first-order chi connectivity index (χ1) is 16.0. The second kappa shape index (κ2) is 9.25. The van der Waals surface area contributed by atoms with Crippen LogP contribution in [0.3, 0.4) is 0 Å². The minimum atomic E-state index is -3.33. The van der Waals surface area contributed by atoms with E-state index in [0.29, 0.717) is 54.0 Å². The van der Waals surface area contributed by atoms with Crippen LogP contribution in [0.4, 0.5) is 4.79 Å². The van der Waals surface area contributed by atoms with Gasteiger partial charge in [-0.3, -0.25) is 0 Å². The summed E-state index contributed by atoms with van der Waals surface area (Å²) in [7, 11) is -3.33. The highest BCUT2D eigenvalue weighted by Gasteiger charge is 2.27. The highest BCUT2D eigenvalue weighted by Crippen LogP contribution is 2.26. The maximum absolute atomic E-state index is 12.2. The normalized spacial score (nSPS) is 15.5. The molecule has 3 aromatic rings. The molecule has 1 aliphatic rings. The number of hydrogen-bond acceptors (Lipinski definition) is 8. The fourth-order valence-electron chi connectivity index (χ4n) is 3.66. The lowest BCUT2D eigenvalue weighted by Gasteiger charge is -2.33. The van der Waals surface area contributed by atoms with Gasteiger partial charge in [-0.25, -0.2) is 23.2 Å². The second-order valence-corrected chi connectivity index (χ2v) is 11.5. The predicted molar refractivity (Wildman–Crippen MR) is 126 cm³/mol. The molecule has 1 aliphatic heterocycles. The summed E-state index contributed by atoms with van der Waals surface area (Å²) >= 11 is 0. The van der Waals surface area contributed by atoms with Gasteiger partial charge in [0.25, 0.3) is 0 Å². The van der Waals surface area contributed by atoms with E-state index in [4.69, 9.17) is 13.9 Å². The van der Waals surface area contributed by atoms with Crippen molar-refractivity contribution < 1.29 is 27.1 Å². The first kappa shape index (κ1) is 24.0. The molecule has 3 heterocycles. The Labute approximate surface area is 199 Å². The van der Waals surface area contributed by atoms with Crippen LogP contribution < -0.4 is 4.74 Å². The summed E-state index contributed by atoms with van der Waals surface area (Å²) in [5.41, 5.74) is 0.975. The summed E-state index contributed by atoms with van der Waals surface area (Å²) < 4.78 is 40.6. The van der Waals surface area contributed by atoms with Gasteiger partial charge in [0.15, 0.2) is 15.4 Å². The first-order valence-electron chi connectivity index (χ1n) is 11.2. The Balaban J connectivity index is 1.32. The molecule has 9 nitrogen and oxygen atoms in total. The molecule has 182 valence electrons. The van der Waals surface area contributed by atoms with Crippen LogP contribution in [-0.2, 0) is 14.6 Å². The molecule has 1 saturated heterocycles. The Bertz CT molecular complexity index is 1270. The number of amides is 1. The minimum Gasteiger partial charge on any atom is -0.492 e. The molecule has 0 saturated carbocycles. The smallest absolute Gasteiger partial charge is 0.410 e. The van der Waals surface area contributed by atoms with E-state index < -0.39 is 15.4 Å². The highest BCUT2D eigenvalue weighted by molar-refractivity contribution is 7.90. The van der Waals surface area contributed by atoms with Gasteiger partial charge in [-0.2, -0.15) is 0 Å². The predicted octanol–water partition coefficient (Wildman–Crippen LogP) is 4.32. The number of aromatic nitrogens is 2. The third kappa shape index (κ3) is 5.85. The molecular formula is C24H29N3O6S. The minimum absolute atomic E-state index is 0.188. The SMILES string of the molecule is CC(C)(C)OC(=O)N1CCC(COc2ccc(-c3nc4cc(S(C)(=O)=O)ccc4o3)nc2)CC1. The van der Waals surface area contributed by atoms with Gasteiger partial charge in [-0.05, 0) is 69.9 Å². The monoisotopic (exact) mass is 487 g/mol. The number of carbonyl (C=O) groups is 1. The topological polar surface area (TPSA) is 112 Å². The van der Waals surface area contributed by atoms with Gasteiger partial charge in [0.05, 0.1) is 17.7 Å². The van der Waals surface area contributed by atoms with Crippen LogP contribution in [0.2, 0.25) is 0 Å². The van der Waals surface area contributed by atoms with Crippen molar-refractivity contribution in [3.05, 3.63) is 36.5 Å². The fourth-order valence-corrected chi connectivity index (χ4v) is 4.30. The van der Waals surface area contributed by atoms with E-state index in [1.165, 1.54) is 12.1 Å². The molecule has 10 heteroatoms. The molecule has 2 aromatic heterocycles. The maximum Gasteiger partial charge on any atom is 0.410 e. The lowest BCUT2D eigenvalue weighted by atomic mass is 9.98. The quantitative estimate of drug-likeness (QED) is 0.523. The van der Waals surface area contributed by atoms with Crippen LogP contribution >= 0.6 is 0 Å². The van der Waals surface area contributed by atoms with E-state index >= 15 is 0 Å². The van der Waals surface area contributed by atoms with E-state index in [-0.39, 0.29) is 11.0 Å². The van der Waals surface area contributed by atoms with E-state index in [0.717, 1.165) is 19.1 Å². The zero-order valence-electron chi connectivity index (χ0n) is 19.8. The Morgan fingerprint density at radius 2 is 1.91 bits per heavy atom. The Hall–Kier alpha value is -3.14. The highest BCUT2D eigenvalue weighted by atomic mass is 32.2. The van der Waals surface area contributed by atoms with Crippen LogP contribution in [0.25, 0.3) is 22.7 Å². The number of likely N-dealkylation sites (tertiary alicyclic amines) is 1. The van der Waals surface area contributed by atoms with Crippen molar-refractivity contribution in [2.75, 3.05) is 26.0 Å². The van der Waals surface area contributed by atoms with Gasteiger partial charge in [-0.1, -0.05) is 0 Å². The van der Waals surface area contributed by atoms with Crippen LogP contribution in [0.1, 0.15) is 33.6 Å². The number of rotatable bonds is 5. The van der Waals surface area contributed by atoms with Gasteiger partial charge in [0.1, 0.15) is 22.6 Å². The summed E-state index contributed by atoms with van der Waals surface area (Å²) in [6.45, 7) is 7.44. The Morgan fingerprint density at radius 1 is 1.18 bits per heavy atom. The number of pyridine rings is 1. The number of hydrogen-bond donors (Lipinski definition) is 0. The summed E-state index contributed by atoms with van der Waals surface area (Å²) in [5.74, 6) is 1.29. The number of fused-ring (bicyclic) bond motifs is 1.